The molecule has 64 valence electrons. The topological polar surface area (TPSA) is 60.2 Å². The van der Waals surface area contributed by atoms with Gasteiger partial charge >= 0.3 is 0 Å². The Morgan fingerprint density at radius 2 is 2.42 bits per heavy atom. The van der Waals surface area contributed by atoms with Gasteiger partial charge in [-0.2, -0.15) is 0 Å². The van der Waals surface area contributed by atoms with Crippen molar-refractivity contribution in [3.05, 3.63) is 34.0 Å². The maximum absolute atomic E-state index is 10.5. The summed E-state index contributed by atoms with van der Waals surface area (Å²) < 4.78 is -0.744. The molecular weight excluding hydrogens is 226 g/mol. The Kier molecular flexibility index (Phi) is 2.42. The van der Waals surface area contributed by atoms with Crippen molar-refractivity contribution in [2.75, 3.05) is 0 Å². The molecule has 0 aliphatic heterocycles. The number of alkyl halides is 1. The number of halogens is 1. The molecule has 5 heteroatoms. The highest BCUT2D eigenvalue weighted by atomic mass is 79.9. The SMILES string of the molecule is O=CC1(Br)C=CC([N+](=O)[O-])=CC1. The Bertz CT molecular complexity index is 284. The van der Waals surface area contributed by atoms with Crippen LogP contribution in [0.25, 0.3) is 0 Å². The molecule has 1 aliphatic rings. The second kappa shape index (κ2) is 3.18. The zero-order chi connectivity index (χ0) is 9.19. The normalized spacial score (nSPS) is 27.9. The van der Waals surface area contributed by atoms with E-state index in [4.69, 9.17) is 0 Å². The molecule has 0 spiro atoms. The summed E-state index contributed by atoms with van der Waals surface area (Å²) in [5.74, 6) is 0. The summed E-state index contributed by atoms with van der Waals surface area (Å²) in [6.07, 6.45) is 5.27. The van der Waals surface area contributed by atoms with Gasteiger partial charge < -0.3 is 4.79 Å². The zero-order valence-corrected chi connectivity index (χ0v) is 7.65. The molecule has 0 saturated carbocycles. The van der Waals surface area contributed by atoms with Gasteiger partial charge in [-0.05, 0) is 12.5 Å². The van der Waals surface area contributed by atoms with Crippen molar-refractivity contribution in [2.45, 2.75) is 10.7 Å². The molecule has 12 heavy (non-hydrogen) atoms. The van der Waals surface area contributed by atoms with Crippen LogP contribution < -0.4 is 0 Å². The minimum absolute atomic E-state index is 0.0342. The molecule has 0 saturated heterocycles. The maximum atomic E-state index is 10.5. The molecule has 0 heterocycles. The van der Waals surface area contributed by atoms with Crippen molar-refractivity contribution in [3.8, 4) is 0 Å². The maximum Gasteiger partial charge on any atom is 0.265 e. The highest BCUT2D eigenvalue weighted by Gasteiger charge is 2.26. The second-order valence-corrected chi connectivity index (χ2v) is 3.94. The molecule has 0 aromatic heterocycles. The quantitative estimate of drug-likeness (QED) is 0.313. The van der Waals surface area contributed by atoms with Crippen LogP contribution in [0.1, 0.15) is 6.42 Å². The molecule has 0 aromatic carbocycles. The third kappa shape index (κ3) is 1.79. The number of aldehydes is 1. The van der Waals surface area contributed by atoms with Gasteiger partial charge in [0, 0.05) is 6.08 Å². The Morgan fingerprint density at radius 1 is 1.75 bits per heavy atom. The van der Waals surface area contributed by atoms with E-state index in [0.29, 0.717) is 6.42 Å². The molecule has 0 fully saturated rings. The number of nitrogens with zero attached hydrogens (tertiary/aromatic N) is 1. The summed E-state index contributed by atoms with van der Waals surface area (Å²) in [6.45, 7) is 0. The number of allylic oxidation sites excluding steroid dienone is 3. The number of carbonyl (C=O) groups excluding carboxylic acids is 1. The summed E-state index contributed by atoms with van der Waals surface area (Å²) in [5.41, 5.74) is 0.0342. The van der Waals surface area contributed by atoms with Crippen molar-refractivity contribution >= 4 is 22.2 Å². The molecule has 1 rings (SSSR count). The Labute approximate surface area is 77.2 Å². The lowest BCUT2D eigenvalue weighted by Crippen LogP contribution is -2.21. The minimum atomic E-state index is -0.744. The monoisotopic (exact) mass is 231 g/mol. The number of hydrogen-bond donors (Lipinski definition) is 0. The molecule has 1 atom stereocenters. The molecule has 1 unspecified atom stereocenters. The van der Waals surface area contributed by atoms with E-state index in [1.807, 2.05) is 0 Å². The Hall–Kier alpha value is -0.970. The molecule has 4 nitrogen and oxygen atoms in total. The summed E-state index contributed by atoms with van der Waals surface area (Å²) in [7, 11) is 0. The molecule has 0 amide bonds. The van der Waals surface area contributed by atoms with E-state index < -0.39 is 9.25 Å². The number of nitro groups is 1. The van der Waals surface area contributed by atoms with E-state index in [1.165, 1.54) is 18.2 Å². The first-order valence-corrected chi connectivity index (χ1v) is 4.06. The average Bonchev–Trinajstić information content (AvgIpc) is 2.05. The molecular formula is C7H6BrNO3. The van der Waals surface area contributed by atoms with Crippen LogP contribution in [0.4, 0.5) is 0 Å². The third-order valence-corrected chi connectivity index (χ3v) is 2.34. The summed E-state index contributed by atoms with van der Waals surface area (Å²) >= 11 is 3.15. The number of rotatable bonds is 2. The summed E-state index contributed by atoms with van der Waals surface area (Å²) in [5, 5.41) is 10.2. The van der Waals surface area contributed by atoms with Crippen molar-refractivity contribution < 1.29 is 9.72 Å². The Morgan fingerprint density at radius 3 is 2.75 bits per heavy atom. The first-order valence-electron chi connectivity index (χ1n) is 3.26. The van der Waals surface area contributed by atoms with Crippen LogP contribution in [0, 0.1) is 10.1 Å². The van der Waals surface area contributed by atoms with E-state index in [2.05, 4.69) is 15.9 Å². The van der Waals surface area contributed by atoms with Gasteiger partial charge in [0.25, 0.3) is 5.70 Å². The molecule has 1 aliphatic carbocycles. The van der Waals surface area contributed by atoms with Crippen LogP contribution in [0.2, 0.25) is 0 Å². The molecule has 0 aromatic rings. The molecule has 0 N–H and O–H groups in total. The van der Waals surface area contributed by atoms with Crippen molar-refractivity contribution in [3.63, 3.8) is 0 Å². The summed E-state index contributed by atoms with van der Waals surface area (Å²) in [6, 6.07) is 0. The highest BCUT2D eigenvalue weighted by Crippen LogP contribution is 2.27. The summed E-state index contributed by atoms with van der Waals surface area (Å²) in [4.78, 5) is 20.2. The zero-order valence-electron chi connectivity index (χ0n) is 6.07. The van der Waals surface area contributed by atoms with Gasteiger partial charge in [0.05, 0.1) is 4.92 Å². The van der Waals surface area contributed by atoms with E-state index in [0.717, 1.165) is 6.29 Å². The van der Waals surface area contributed by atoms with Gasteiger partial charge in [0.2, 0.25) is 0 Å². The lowest BCUT2D eigenvalue weighted by molar-refractivity contribution is -0.419. The smallest absolute Gasteiger partial charge is 0.265 e. The fourth-order valence-electron chi connectivity index (χ4n) is 0.844. The van der Waals surface area contributed by atoms with Gasteiger partial charge in [-0.25, -0.2) is 0 Å². The predicted molar refractivity (Wildman–Crippen MR) is 46.6 cm³/mol. The van der Waals surface area contributed by atoms with Crippen LogP contribution in [0.5, 0.6) is 0 Å². The van der Waals surface area contributed by atoms with Crippen LogP contribution in [0.15, 0.2) is 23.9 Å². The van der Waals surface area contributed by atoms with E-state index >= 15 is 0 Å². The number of hydrogen-bond acceptors (Lipinski definition) is 3. The number of carbonyl (C=O) groups is 1. The first-order chi connectivity index (χ1) is 5.57. The van der Waals surface area contributed by atoms with Gasteiger partial charge in [0.15, 0.2) is 0 Å². The Balaban J connectivity index is 2.80. The van der Waals surface area contributed by atoms with Crippen LogP contribution in [-0.4, -0.2) is 15.5 Å². The second-order valence-electron chi connectivity index (χ2n) is 2.47. The predicted octanol–water partition coefficient (Wildman–Crippen LogP) is 1.44. The van der Waals surface area contributed by atoms with Crippen LogP contribution >= 0.6 is 15.9 Å². The first kappa shape index (κ1) is 9.12. The minimum Gasteiger partial charge on any atom is -0.301 e. The fraction of sp³-hybridized carbons (Fsp3) is 0.286. The van der Waals surface area contributed by atoms with Crippen LogP contribution in [0.3, 0.4) is 0 Å². The van der Waals surface area contributed by atoms with Gasteiger partial charge in [0.1, 0.15) is 10.6 Å². The fourth-order valence-corrected chi connectivity index (χ4v) is 1.14. The van der Waals surface area contributed by atoms with E-state index in [9.17, 15) is 14.9 Å². The largest absolute Gasteiger partial charge is 0.301 e. The average molecular weight is 232 g/mol. The third-order valence-electron chi connectivity index (χ3n) is 1.56. The van der Waals surface area contributed by atoms with Gasteiger partial charge in [-0.3, -0.25) is 10.1 Å². The highest BCUT2D eigenvalue weighted by molar-refractivity contribution is 9.10. The van der Waals surface area contributed by atoms with Crippen LogP contribution in [-0.2, 0) is 4.79 Å². The molecule has 0 bridgehead atoms. The van der Waals surface area contributed by atoms with Crippen molar-refractivity contribution in [1.29, 1.82) is 0 Å². The van der Waals surface area contributed by atoms with Crippen molar-refractivity contribution in [1.82, 2.24) is 0 Å². The molecule has 0 radical (unpaired) electrons. The lowest BCUT2D eigenvalue weighted by atomic mass is 10.0. The van der Waals surface area contributed by atoms with Gasteiger partial charge in [-0.1, -0.05) is 22.0 Å². The van der Waals surface area contributed by atoms with Crippen molar-refractivity contribution in [2.24, 2.45) is 0 Å². The standard InChI is InChI=1S/C7H6BrNO3/c8-7(5-10)3-1-6(2-4-7)9(11)12/h1-3,5H,4H2. The lowest BCUT2D eigenvalue weighted by Gasteiger charge is -2.15. The van der Waals surface area contributed by atoms with Gasteiger partial charge in [-0.15, -0.1) is 0 Å². The van der Waals surface area contributed by atoms with E-state index in [-0.39, 0.29) is 5.70 Å². The van der Waals surface area contributed by atoms with E-state index in [1.54, 1.807) is 0 Å².